The first-order chi connectivity index (χ1) is 8.90. The van der Waals surface area contributed by atoms with Crippen LogP contribution in [0.25, 0.3) is 0 Å². The van der Waals surface area contributed by atoms with E-state index in [1.54, 1.807) is 6.92 Å². The zero-order valence-electron chi connectivity index (χ0n) is 11.8. The van der Waals surface area contributed by atoms with Gasteiger partial charge in [-0.15, -0.1) is 0 Å². The monoisotopic (exact) mass is 264 g/mol. The minimum absolute atomic E-state index is 0.167. The van der Waals surface area contributed by atoms with E-state index in [2.05, 4.69) is 40.8 Å². The van der Waals surface area contributed by atoms with Crippen LogP contribution in [0.2, 0.25) is 0 Å². The molecular formula is C13H20N4O2. The first-order valence-corrected chi connectivity index (χ1v) is 6.38. The molecule has 2 atom stereocenters. The molecule has 1 aromatic rings. The Hall–Kier alpha value is -1.69. The van der Waals surface area contributed by atoms with E-state index in [1.807, 2.05) is 0 Å². The number of aryl methyl sites for hydroxylation is 1. The number of hydrogen-bond acceptors (Lipinski definition) is 5. The third kappa shape index (κ3) is 2.68. The Labute approximate surface area is 113 Å². The summed E-state index contributed by atoms with van der Waals surface area (Å²) in [6.45, 7) is 5.69. The summed E-state index contributed by atoms with van der Waals surface area (Å²) in [6, 6.07) is 0.475. The van der Waals surface area contributed by atoms with Crippen molar-refractivity contribution in [3.05, 3.63) is 17.5 Å². The maximum absolute atomic E-state index is 10.9. The van der Waals surface area contributed by atoms with Crippen molar-refractivity contribution in [1.82, 2.24) is 14.9 Å². The Kier molecular flexibility index (Phi) is 3.71. The minimum Gasteiger partial charge on any atom is -0.478 e. The standard InChI is InChI=1S/C13H20N4O2/c1-8-6-17(7-11(8)16(3)4)13-14-5-10(12(18)19)9(2)15-13/h5,8,11H,6-7H2,1-4H3,(H,18,19). The number of aromatic nitrogens is 2. The Bertz CT molecular complexity index is 490. The third-order valence-corrected chi connectivity index (χ3v) is 3.72. The van der Waals surface area contributed by atoms with Crippen molar-refractivity contribution in [2.24, 2.45) is 5.92 Å². The second-order valence-electron chi connectivity index (χ2n) is 5.39. The van der Waals surface area contributed by atoms with Crippen LogP contribution in [0.15, 0.2) is 6.20 Å². The van der Waals surface area contributed by atoms with Crippen molar-refractivity contribution in [1.29, 1.82) is 0 Å². The van der Waals surface area contributed by atoms with E-state index in [1.165, 1.54) is 6.20 Å². The van der Waals surface area contributed by atoms with Crippen molar-refractivity contribution in [2.45, 2.75) is 19.9 Å². The fraction of sp³-hybridized carbons (Fsp3) is 0.615. The molecule has 0 spiro atoms. The molecule has 2 rings (SSSR count). The van der Waals surface area contributed by atoms with Crippen LogP contribution in [-0.4, -0.2) is 59.2 Å². The van der Waals surface area contributed by atoms with E-state index < -0.39 is 5.97 Å². The quantitative estimate of drug-likeness (QED) is 0.873. The summed E-state index contributed by atoms with van der Waals surface area (Å²) in [6.07, 6.45) is 1.40. The van der Waals surface area contributed by atoms with E-state index in [0.717, 1.165) is 13.1 Å². The van der Waals surface area contributed by atoms with Crippen LogP contribution in [0.5, 0.6) is 0 Å². The molecule has 104 valence electrons. The first kappa shape index (κ1) is 13.7. The number of carbonyl (C=O) groups is 1. The molecule has 2 unspecified atom stereocenters. The van der Waals surface area contributed by atoms with Crippen LogP contribution in [0.3, 0.4) is 0 Å². The number of nitrogens with zero attached hydrogens (tertiary/aromatic N) is 4. The van der Waals surface area contributed by atoms with Gasteiger partial charge in [-0.2, -0.15) is 0 Å². The molecule has 1 N–H and O–H groups in total. The first-order valence-electron chi connectivity index (χ1n) is 6.38. The summed E-state index contributed by atoms with van der Waals surface area (Å²) in [5.74, 6) is 0.182. The third-order valence-electron chi connectivity index (χ3n) is 3.72. The van der Waals surface area contributed by atoms with Gasteiger partial charge in [0.2, 0.25) is 5.95 Å². The zero-order chi connectivity index (χ0) is 14.2. The molecule has 1 aliphatic rings. The number of anilines is 1. The van der Waals surface area contributed by atoms with Crippen LogP contribution in [0.4, 0.5) is 5.95 Å². The molecule has 0 radical (unpaired) electrons. The van der Waals surface area contributed by atoms with E-state index in [4.69, 9.17) is 5.11 Å². The highest BCUT2D eigenvalue weighted by Gasteiger charge is 2.32. The summed E-state index contributed by atoms with van der Waals surface area (Å²) in [7, 11) is 4.15. The fourth-order valence-corrected chi connectivity index (χ4v) is 2.60. The minimum atomic E-state index is -0.981. The smallest absolute Gasteiger partial charge is 0.339 e. The topological polar surface area (TPSA) is 69.6 Å². The molecule has 0 bridgehead atoms. The van der Waals surface area contributed by atoms with Crippen molar-refractivity contribution in [2.75, 3.05) is 32.1 Å². The average molecular weight is 264 g/mol. The fourth-order valence-electron chi connectivity index (χ4n) is 2.60. The number of carboxylic acid groups (broad SMARTS) is 1. The molecule has 19 heavy (non-hydrogen) atoms. The van der Waals surface area contributed by atoms with Gasteiger partial charge in [-0.05, 0) is 26.9 Å². The highest BCUT2D eigenvalue weighted by atomic mass is 16.4. The number of hydrogen-bond donors (Lipinski definition) is 1. The van der Waals surface area contributed by atoms with Gasteiger partial charge in [0, 0.05) is 25.3 Å². The Morgan fingerprint density at radius 1 is 1.47 bits per heavy atom. The molecule has 6 heteroatoms. The van der Waals surface area contributed by atoms with Crippen molar-refractivity contribution < 1.29 is 9.90 Å². The molecular weight excluding hydrogens is 244 g/mol. The van der Waals surface area contributed by atoms with Crippen LogP contribution < -0.4 is 4.90 Å². The van der Waals surface area contributed by atoms with E-state index in [0.29, 0.717) is 23.6 Å². The molecule has 0 aromatic carbocycles. The average Bonchev–Trinajstić information content (AvgIpc) is 2.70. The summed E-state index contributed by atoms with van der Waals surface area (Å²) in [5.41, 5.74) is 0.679. The Morgan fingerprint density at radius 3 is 2.63 bits per heavy atom. The van der Waals surface area contributed by atoms with Gasteiger partial charge in [-0.25, -0.2) is 14.8 Å². The number of rotatable bonds is 3. The predicted molar refractivity (Wildman–Crippen MR) is 72.6 cm³/mol. The van der Waals surface area contributed by atoms with Crippen molar-refractivity contribution >= 4 is 11.9 Å². The maximum Gasteiger partial charge on any atom is 0.339 e. The van der Waals surface area contributed by atoms with Gasteiger partial charge in [-0.1, -0.05) is 6.92 Å². The van der Waals surface area contributed by atoms with Gasteiger partial charge in [0.15, 0.2) is 0 Å². The lowest BCUT2D eigenvalue weighted by Crippen LogP contribution is -2.34. The van der Waals surface area contributed by atoms with Gasteiger partial charge in [0.05, 0.1) is 11.3 Å². The highest BCUT2D eigenvalue weighted by Crippen LogP contribution is 2.23. The normalized spacial score (nSPS) is 23.1. The van der Waals surface area contributed by atoms with E-state index >= 15 is 0 Å². The second kappa shape index (κ2) is 5.13. The van der Waals surface area contributed by atoms with Crippen LogP contribution in [0.1, 0.15) is 23.0 Å². The summed E-state index contributed by atoms with van der Waals surface area (Å²) < 4.78 is 0. The number of aromatic carboxylic acids is 1. The van der Waals surface area contributed by atoms with Crippen molar-refractivity contribution in [3.63, 3.8) is 0 Å². The molecule has 6 nitrogen and oxygen atoms in total. The van der Waals surface area contributed by atoms with Gasteiger partial charge < -0.3 is 14.9 Å². The lowest BCUT2D eigenvalue weighted by atomic mass is 10.1. The largest absolute Gasteiger partial charge is 0.478 e. The van der Waals surface area contributed by atoms with Gasteiger partial charge in [-0.3, -0.25) is 0 Å². The predicted octanol–water partition coefficient (Wildman–Crippen LogP) is 0.870. The molecule has 1 saturated heterocycles. The molecule has 0 saturated carbocycles. The summed E-state index contributed by atoms with van der Waals surface area (Å²) in [5, 5.41) is 8.98. The number of carboxylic acids is 1. The molecule has 2 heterocycles. The molecule has 0 amide bonds. The maximum atomic E-state index is 10.9. The second-order valence-corrected chi connectivity index (χ2v) is 5.39. The van der Waals surface area contributed by atoms with Crippen molar-refractivity contribution in [3.8, 4) is 0 Å². The van der Waals surface area contributed by atoms with E-state index in [-0.39, 0.29) is 5.56 Å². The Balaban J connectivity index is 2.20. The Morgan fingerprint density at radius 2 is 2.16 bits per heavy atom. The lowest BCUT2D eigenvalue weighted by molar-refractivity contribution is 0.0695. The molecule has 1 aliphatic heterocycles. The van der Waals surface area contributed by atoms with Crippen LogP contribution in [0, 0.1) is 12.8 Å². The summed E-state index contributed by atoms with van der Waals surface area (Å²) in [4.78, 5) is 23.8. The van der Waals surface area contributed by atoms with Crippen LogP contribution in [-0.2, 0) is 0 Å². The molecule has 1 fully saturated rings. The van der Waals surface area contributed by atoms with Gasteiger partial charge >= 0.3 is 5.97 Å². The lowest BCUT2D eigenvalue weighted by Gasteiger charge is -2.22. The molecule has 1 aromatic heterocycles. The summed E-state index contributed by atoms with van der Waals surface area (Å²) >= 11 is 0. The van der Waals surface area contributed by atoms with Gasteiger partial charge in [0.25, 0.3) is 0 Å². The zero-order valence-corrected chi connectivity index (χ0v) is 11.8. The molecule has 0 aliphatic carbocycles. The van der Waals surface area contributed by atoms with Gasteiger partial charge in [0.1, 0.15) is 0 Å². The van der Waals surface area contributed by atoms with Crippen LogP contribution >= 0.6 is 0 Å². The highest BCUT2D eigenvalue weighted by molar-refractivity contribution is 5.88. The number of likely N-dealkylation sites (N-methyl/N-ethyl adjacent to an activating group) is 1. The van der Waals surface area contributed by atoms with E-state index in [9.17, 15) is 4.79 Å². The SMILES string of the molecule is Cc1nc(N2CC(C)C(N(C)C)C2)ncc1C(=O)O.